The number of aryl methyl sites for hydroxylation is 1. The van der Waals surface area contributed by atoms with Gasteiger partial charge < -0.3 is 10.1 Å². The van der Waals surface area contributed by atoms with Crippen molar-refractivity contribution < 1.29 is 9.53 Å². The third kappa shape index (κ3) is 4.93. The number of rotatable bonds is 7. The highest BCUT2D eigenvalue weighted by molar-refractivity contribution is 5.80. The van der Waals surface area contributed by atoms with Gasteiger partial charge in [0.25, 0.3) is 0 Å². The van der Waals surface area contributed by atoms with Crippen LogP contribution >= 0.6 is 0 Å². The summed E-state index contributed by atoms with van der Waals surface area (Å²) in [6.07, 6.45) is 4.34. The minimum Gasteiger partial charge on any atom is -0.491 e. The van der Waals surface area contributed by atoms with Crippen LogP contribution in [0.25, 0.3) is 0 Å². The zero-order valence-corrected chi connectivity index (χ0v) is 11.8. The van der Waals surface area contributed by atoms with Crippen LogP contribution in [0.2, 0.25) is 0 Å². The van der Waals surface area contributed by atoms with E-state index in [1.54, 1.807) is 0 Å². The molecule has 0 unspecified atom stereocenters. The number of carbonyl (C=O) groups excluding carboxylic acids is 1. The molecule has 1 fully saturated rings. The van der Waals surface area contributed by atoms with E-state index in [1.807, 2.05) is 26.0 Å². The van der Waals surface area contributed by atoms with Gasteiger partial charge in [-0.05, 0) is 57.2 Å². The highest BCUT2D eigenvalue weighted by Crippen LogP contribution is 2.28. The molecule has 3 nitrogen and oxygen atoms in total. The molecule has 0 radical (unpaired) electrons. The number of hydrogen-bond acceptors (Lipinski definition) is 2. The summed E-state index contributed by atoms with van der Waals surface area (Å²) in [6.45, 7) is 4.83. The summed E-state index contributed by atoms with van der Waals surface area (Å²) in [5, 5.41) is 2.99. The van der Waals surface area contributed by atoms with Gasteiger partial charge in [0.1, 0.15) is 5.75 Å². The molecule has 0 spiro atoms. The van der Waals surface area contributed by atoms with Crippen molar-refractivity contribution in [2.45, 2.75) is 45.6 Å². The normalized spacial score (nSPS) is 14.5. The van der Waals surface area contributed by atoms with Crippen LogP contribution in [0, 0.1) is 5.92 Å². The monoisotopic (exact) mass is 261 g/mol. The van der Waals surface area contributed by atoms with Gasteiger partial charge in [-0.3, -0.25) is 4.79 Å². The molecule has 19 heavy (non-hydrogen) atoms. The second kappa shape index (κ2) is 6.60. The molecule has 0 aliphatic heterocycles. The Balaban J connectivity index is 1.66. The molecular weight excluding hydrogens is 238 g/mol. The molecule has 1 saturated carbocycles. The highest BCUT2D eigenvalue weighted by Gasteiger charge is 2.28. The van der Waals surface area contributed by atoms with Crippen LogP contribution in [0.4, 0.5) is 0 Å². The van der Waals surface area contributed by atoms with Crippen LogP contribution in [0.3, 0.4) is 0 Å². The van der Waals surface area contributed by atoms with Gasteiger partial charge >= 0.3 is 0 Å². The molecule has 1 N–H and O–H groups in total. The lowest BCUT2D eigenvalue weighted by Gasteiger charge is -2.10. The average Bonchev–Trinajstić information content (AvgIpc) is 3.20. The third-order valence-corrected chi connectivity index (χ3v) is 3.18. The quantitative estimate of drug-likeness (QED) is 0.766. The second-order valence-electron chi connectivity index (χ2n) is 5.48. The summed E-state index contributed by atoms with van der Waals surface area (Å²) in [7, 11) is 0. The molecule has 0 bridgehead atoms. The molecule has 104 valence electrons. The lowest BCUT2D eigenvalue weighted by Crippen LogP contribution is -2.26. The van der Waals surface area contributed by atoms with Crippen LogP contribution in [-0.4, -0.2) is 18.6 Å². The number of ether oxygens (including phenoxy) is 1. The summed E-state index contributed by atoms with van der Waals surface area (Å²) in [5.74, 6) is 1.47. The van der Waals surface area contributed by atoms with Gasteiger partial charge in [-0.1, -0.05) is 12.1 Å². The zero-order chi connectivity index (χ0) is 13.7. The minimum atomic E-state index is 0.212. The Hall–Kier alpha value is -1.51. The predicted molar refractivity (Wildman–Crippen MR) is 76.3 cm³/mol. The average molecular weight is 261 g/mol. The van der Waals surface area contributed by atoms with Gasteiger partial charge in [0, 0.05) is 12.5 Å². The Kier molecular flexibility index (Phi) is 4.83. The Morgan fingerprint density at radius 3 is 2.58 bits per heavy atom. The van der Waals surface area contributed by atoms with E-state index in [0.717, 1.165) is 38.0 Å². The lowest BCUT2D eigenvalue weighted by atomic mass is 10.1. The van der Waals surface area contributed by atoms with Crippen molar-refractivity contribution in [2.75, 3.05) is 6.54 Å². The van der Waals surface area contributed by atoms with Gasteiger partial charge in [0.05, 0.1) is 6.10 Å². The maximum Gasteiger partial charge on any atom is 0.223 e. The van der Waals surface area contributed by atoms with Crippen LogP contribution in [0.1, 0.15) is 38.7 Å². The number of hydrogen-bond donors (Lipinski definition) is 1. The zero-order valence-electron chi connectivity index (χ0n) is 11.8. The molecule has 0 atom stereocenters. The first-order valence-corrected chi connectivity index (χ1v) is 7.18. The first kappa shape index (κ1) is 13.9. The van der Waals surface area contributed by atoms with Gasteiger partial charge in [-0.15, -0.1) is 0 Å². The summed E-state index contributed by atoms with van der Waals surface area (Å²) >= 11 is 0. The van der Waals surface area contributed by atoms with Crippen molar-refractivity contribution in [3.8, 4) is 5.75 Å². The molecule has 0 aromatic heterocycles. The van der Waals surface area contributed by atoms with Gasteiger partial charge in [0.2, 0.25) is 5.91 Å². The minimum absolute atomic E-state index is 0.212. The lowest BCUT2D eigenvalue weighted by molar-refractivity contribution is -0.122. The Morgan fingerprint density at radius 1 is 1.32 bits per heavy atom. The number of nitrogens with one attached hydrogen (secondary N) is 1. The third-order valence-electron chi connectivity index (χ3n) is 3.18. The molecule has 0 heterocycles. The van der Waals surface area contributed by atoms with Gasteiger partial charge in [-0.25, -0.2) is 0 Å². The van der Waals surface area contributed by atoms with Crippen molar-refractivity contribution in [1.82, 2.24) is 5.32 Å². The standard InChI is InChI=1S/C16H23NO2/c1-12(2)19-15-9-5-13(6-10-15)4-3-11-17-16(18)14-7-8-14/h5-6,9-10,12,14H,3-4,7-8,11H2,1-2H3,(H,17,18). The summed E-state index contributed by atoms with van der Waals surface area (Å²) in [4.78, 5) is 11.4. The molecule has 1 amide bonds. The molecule has 0 saturated heterocycles. The molecule has 1 aliphatic rings. The van der Waals surface area contributed by atoms with E-state index in [0.29, 0.717) is 5.92 Å². The van der Waals surface area contributed by atoms with Crippen LogP contribution in [0.15, 0.2) is 24.3 Å². The van der Waals surface area contributed by atoms with Crippen LogP contribution in [-0.2, 0) is 11.2 Å². The SMILES string of the molecule is CC(C)Oc1ccc(CCCNC(=O)C2CC2)cc1. The fourth-order valence-electron chi connectivity index (χ4n) is 2.00. The second-order valence-corrected chi connectivity index (χ2v) is 5.48. The maximum atomic E-state index is 11.4. The molecule has 1 aliphatic carbocycles. The number of amides is 1. The fraction of sp³-hybridized carbons (Fsp3) is 0.562. The van der Waals surface area contributed by atoms with E-state index in [9.17, 15) is 4.79 Å². The summed E-state index contributed by atoms with van der Waals surface area (Å²) < 4.78 is 5.60. The van der Waals surface area contributed by atoms with Crippen molar-refractivity contribution in [3.63, 3.8) is 0 Å². The Bertz CT molecular complexity index is 407. The fourth-order valence-corrected chi connectivity index (χ4v) is 2.00. The van der Waals surface area contributed by atoms with E-state index in [-0.39, 0.29) is 12.0 Å². The molecule has 2 rings (SSSR count). The van der Waals surface area contributed by atoms with Crippen molar-refractivity contribution >= 4 is 5.91 Å². The first-order chi connectivity index (χ1) is 9.15. The molecular formula is C16H23NO2. The molecule has 3 heteroatoms. The first-order valence-electron chi connectivity index (χ1n) is 7.18. The maximum absolute atomic E-state index is 11.4. The van der Waals surface area contributed by atoms with Crippen LogP contribution < -0.4 is 10.1 Å². The summed E-state index contributed by atoms with van der Waals surface area (Å²) in [6, 6.07) is 8.22. The molecule has 1 aromatic rings. The van der Waals surface area contributed by atoms with E-state index in [4.69, 9.17) is 4.74 Å². The summed E-state index contributed by atoms with van der Waals surface area (Å²) in [5.41, 5.74) is 1.29. The van der Waals surface area contributed by atoms with E-state index in [1.165, 1.54) is 5.56 Å². The number of carbonyl (C=O) groups is 1. The van der Waals surface area contributed by atoms with Gasteiger partial charge in [-0.2, -0.15) is 0 Å². The Morgan fingerprint density at radius 2 is 2.00 bits per heavy atom. The van der Waals surface area contributed by atoms with Gasteiger partial charge in [0.15, 0.2) is 0 Å². The number of benzene rings is 1. The Labute approximate surface area is 115 Å². The van der Waals surface area contributed by atoms with Crippen LogP contribution in [0.5, 0.6) is 5.75 Å². The predicted octanol–water partition coefficient (Wildman–Crippen LogP) is 2.93. The largest absolute Gasteiger partial charge is 0.491 e. The van der Waals surface area contributed by atoms with E-state index >= 15 is 0 Å². The van der Waals surface area contributed by atoms with Crippen molar-refractivity contribution in [2.24, 2.45) is 5.92 Å². The van der Waals surface area contributed by atoms with E-state index in [2.05, 4.69) is 17.4 Å². The van der Waals surface area contributed by atoms with E-state index < -0.39 is 0 Å². The molecule has 1 aromatic carbocycles. The topological polar surface area (TPSA) is 38.3 Å². The smallest absolute Gasteiger partial charge is 0.223 e. The van der Waals surface area contributed by atoms with Crippen molar-refractivity contribution in [1.29, 1.82) is 0 Å². The van der Waals surface area contributed by atoms with Crippen molar-refractivity contribution in [3.05, 3.63) is 29.8 Å². The highest BCUT2D eigenvalue weighted by atomic mass is 16.5.